The van der Waals surface area contributed by atoms with Crippen LogP contribution in [0.4, 0.5) is 0 Å². The molecule has 4 nitrogen and oxygen atoms in total. The van der Waals surface area contributed by atoms with Crippen LogP contribution in [0, 0.1) is 11.3 Å². The van der Waals surface area contributed by atoms with Crippen molar-refractivity contribution in [1.82, 2.24) is 0 Å². The van der Waals surface area contributed by atoms with Gasteiger partial charge >= 0.3 is 11.9 Å². The smallest absolute Gasteiger partial charge is 0.302 e. The van der Waals surface area contributed by atoms with Crippen LogP contribution in [0.3, 0.4) is 0 Å². The summed E-state index contributed by atoms with van der Waals surface area (Å²) in [7, 11) is 0. The lowest BCUT2D eigenvalue weighted by Crippen LogP contribution is -2.27. The first-order valence-electron chi connectivity index (χ1n) is 10.4. The Hall–Kier alpha value is -1.84. The van der Waals surface area contributed by atoms with Crippen LogP contribution in [0.1, 0.15) is 80.1 Å². The largest absolute Gasteiger partial charge is 0.462 e. The summed E-state index contributed by atoms with van der Waals surface area (Å²) < 4.78 is 10.1. The van der Waals surface area contributed by atoms with Gasteiger partial charge in [-0.2, -0.15) is 0 Å². The maximum atomic E-state index is 11.1. The maximum absolute atomic E-state index is 11.1. The first-order chi connectivity index (χ1) is 13.1. The van der Waals surface area contributed by atoms with Crippen LogP contribution in [0.5, 0.6) is 0 Å². The van der Waals surface area contributed by atoms with Crippen molar-refractivity contribution in [1.29, 1.82) is 0 Å². The summed E-state index contributed by atoms with van der Waals surface area (Å²) in [6.45, 7) is 12.5. The highest BCUT2D eigenvalue weighted by Gasteiger charge is 2.32. The lowest BCUT2D eigenvalue weighted by atomic mass is 9.67. The van der Waals surface area contributed by atoms with E-state index in [0.29, 0.717) is 11.3 Å². The SMILES string of the molecule is CC(=O)OCC=C(CCC=C(C)CCC1C(C)=CCCC1(C)C)COC(C)=O. The number of ether oxygens (including phenoxy) is 2. The van der Waals surface area contributed by atoms with Gasteiger partial charge in [-0.15, -0.1) is 0 Å². The molecule has 1 unspecified atom stereocenters. The van der Waals surface area contributed by atoms with Crippen LogP contribution in [-0.4, -0.2) is 25.2 Å². The Morgan fingerprint density at radius 2 is 1.79 bits per heavy atom. The Morgan fingerprint density at radius 3 is 2.39 bits per heavy atom. The standard InChI is InChI=1S/C24H38O4/c1-18(12-13-23-19(2)10-8-15-24(23,5)6)9-7-11-22(17-28-21(4)26)14-16-27-20(3)25/h9-10,14,23H,7-8,11-13,15-17H2,1-6H3. The fourth-order valence-corrected chi connectivity index (χ4v) is 3.91. The van der Waals surface area contributed by atoms with Crippen molar-refractivity contribution in [2.24, 2.45) is 11.3 Å². The summed E-state index contributed by atoms with van der Waals surface area (Å²) in [5.74, 6) is 0.0465. The van der Waals surface area contributed by atoms with E-state index < -0.39 is 0 Å². The summed E-state index contributed by atoms with van der Waals surface area (Å²) in [5, 5.41) is 0. The van der Waals surface area contributed by atoms with E-state index in [1.54, 1.807) is 5.57 Å². The fraction of sp³-hybridized carbons (Fsp3) is 0.667. The summed E-state index contributed by atoms with van der Waals surface area (Å²) in [6.07, 6.45) is 13.0. The second kappa shape index (κ2) is 11.9. The van der Waals surface area contributed by atoms with Gasteiger partial charge in [-0.05, 0) is 75.4 Å². The zero-order valence-electron chi connectivity index (χ0n) is 18.6. The number of allylic oxidation sites excluding steroid dienone is 4. The lowest BCUT2D eigenvalue weighted by Gasteiger charge is -2.38. The van der Waals surface area contributed by atoms with Gasteiger partial charge in [-0.25, -0.2) is 0 Å². The third-order valence-corrected chi connectivity index (χ3v) is 5.65. The molecule has 1 aliphatic carbocycles. The lowest BCUT2D eigenvalue weighted by molar-refractivity contribution is -0.141. The molecule has 1 atom stereocenters. The van der Waals surface area contributed by atoms with Crippen molar-refractivity contribution in [3.8, 4) is 0 Å². The van der Waals surface area contributed by atoms with Crippen LogP contribution in [0.25, 0.3) is 0 Å². The Bertz CT molecular complexity index is 623. The van der Waals surface area contributed by atoms with Crippen molar-refractivity contribution >= 4 is 11.9 Å². The molecule has 0 aliphatic heterocycles. The van der Waals surface area contributed by atoms with Gasteiger partial charge in [0.2, 0.25) is 0 Å². The van der Waals surface area contributed by atoms with Crippen LogP contribution in [0.15, 0.2) is 34.9 Å². The Morgan fingerprint density at radius 1 is 1.11 bits per heavy atom. The summed E-state index contributed by atoms with van der Waals surface area (Å²) in [6, 6.07) is 0. The minimum Gasteiger partial charge on any atom is -0.462 e. The van der Waals surface area contributed by atoms with Crippen LogP contribution < -0.4 is 0 Å². The van der Waals surface area contributed by atoms with Crippen molar-refractivity contribution in [3.63, 3.8) is 0 Å². The second-order valence-corrected chi connectivity index (χ2v) is 8.60. The number of hydrogen-bond acceptors (Lipinski definition) is 4. The van der Waals surface area contributed by atoms with Gasteiger partial charge in [0.25, 0.3) is 0 Å². The molecule has 158 valence electrons. The van der Waals surface area contributed by atoms with Crippen molar-refractivity contribution < 1.29 is 19.1 Å². The first kappa shape index (κ1) is 24.2. The van der Waals surface area contributed by atoms with Crippen LogP contribution >= 0.6 is 0 Å². The molecule has 4 heteroatoms. The van der Waals surface area contributed by atoms with E-state index in [1.807, 2.05) is 6.08 Å². The molecule has 0 aromatic rings. The van der Waals surface area contributed by atoms with Gasteiger partial charge in [-0.1, -0.05) is 37.1 Å². The molecule has 0 bridgehead atoms. The molecular weight excluding hydrogens is 352 g/mol. The van der Waals surface area contributed by atoms with Gasteiger partial charge in [0.15, 0.2) is 0 Å². The molecule has 28 heavy (non-hydrogen) atoms. The molecule has 0 fully saturated rings. The van der Waals surface area contributed by atoms with Gasteiger partial charge < -0.3 is 9.47 Å². The molecule has 0 saturated heterocycles. The maximum Gasteiger partial charge on any atom is 0.302 e. The molecule has 0 saturated carbocycles. The molecule has 0 spiro atoms. The quantitative estimate of drug-likeness (QED) is 0.343. The predicted octanol–water partition coefficient (Wildman–Crippen LogP) is 5.93. The highest BCUT2D eigenvalue weighted by Crippen LogP contribution is 2.43. The molecule has 0 aromatic carbocycles. The minimum atomic E-state index is -0.311. The monoisotopic (exact) mass is 390 g/mol. The van der Waals surface area contributed by atoms with Crippen molar-refractivity contribution in [2.45, 2.75) is 80.1 Å². The summed E-state index contributed by atoms with van der Waals surface area (Å²) in [5.41, 5.74) is 4.31. The Balaban J connectivity index is 2.54. The highest BCUT2D eigenvalue weighted by molar-refractivity contribution is 5.66. The van der Waals surface area contributed by atoms with E-state index in [4.69, 9.17) is 9.47 Å². The highest BCUT2D eigenvalue weighted by atomic mass is 16.5. The van der Waals surface area contributed by atoms with Gasteiger partial charge in [-0.3, -0.25) is 9.59 Å². The number of carbonyl (C=O) groups is 2. The zero-order valence-corrected chi connectivity index (χ0v) is 18.6. The van der Waals surface area contributed by atoms with Gasteiger partial charge in [0.1, 0.15) is 13.2 Å². The molecule has 0 N–H and O–H groups in total. The molecule has 0 heterocycles. The molecular formula is C24H38O4. The van der Waals surface area contributed by atoms with E-state index in [1.165, 1.54) is 38.7 Å². The normalized spacial score (nSPS) is 19.8. The van der Waals surface area contributed by atoms with Gasteiger partial charge in [0.05, 0.1) is 0 Å². The third-order valence-electron chi connectivity index (χ3n) is 5.65. The fourth-order valence-electron chi connectivity index (χ4n) is 3.91. The molecule has 0 aromatic heterocycles. The van der Waals surface area contributed by atoms with E-state index in [9.17, 15) is 9.59 Å². The predicted molar refractivity (Wildman–Crippen MR) is 114 cm³/mol. The van der Waals surface area contributed by atoms with E-state index in [0.717, 1.165) is 24.8 Å². The first-order valence-corrected chi connectivity index (χ1v) is 10.4. The van der Waals surface area contributed by atoms with E-state index in [2.05, 4.69) is 39.8 Å². The van der Waals surface area contributed by atoms with E-state index >= 15 is 0 Å². The number of carbonyl (C=O) groups excluding carboxylic acids is 2. The molecule has 1 rings (SSSR count). The number of rotatable bonds is 10. The summed E-state index contributed by atoms with van der Waals surface area (Å²) >= 11 is 0. The van der Waals surface area contributed by atoms with Crippen molar-refractivity contribution in [2.75, 3.05) is 13.2 Å². The van der Waals surface area contributed by atoms with Crippen LogP contribution in [-0.2, 0) is 19.1 Å². The third kappa shape index (κ3) is 9.38. The zero-order chi connectivity index (χ0) is 21.2. The molecule has 0 amide bonds. The number of esters is 2. The average molecular weight is 391 g/mol. The average Bonchev–Trinajstić information content (AvgIpc) is 2.57. The second-order valence-electron chi connectivity index (χ2n) is 8.60. The number of hydrogen-bond donors (Lipinski definition) is 0. The van der Waals surface area contributed by atoms with Crippen molar-refractivity contribution in [3.05, 3.63) is 34.9 Å². The molecule has 0 radical (unpaired) electrons. The molecule has 1 aliphatic rings. The minimum absolute atomic E-state index is 0.219. The Labute approximate surface area is 171 Å². The summed E-state index contributed by atoms with van der Waals surface area (Å²) in [4.78, 5) is 22.0. The van der Waals surface area contributed by atoms with E-state index in [-0.39, 0.29) is 25.2 Å². The Kier molecular flexibility index (Phi) is 10.3. The van der Waals surface area contributed by atoms with Crippen LogP contribution in [0.2, 0.25) is 0 Å². The van der Waals surface area contributed by atoms with Gasteiger partial charge in [0, 0.05) is 13.8 Å². The topological polar surface area (TPSA) is 52.6 Å².